The van der Waals surface area contributed by atoms with Crippen molar-refractivity contribution in [3.05, 3.63) is 58.7 Å². The first-order chi connectivity index (χ1) is 25.5. The van der Waals surface area contributed by atoms with Gasteiger partial charge in [-0.1, -0.05) is 42.3 Å². The lowest BCUT2D eigenvalue weighted by Gasteiger charge is -2.53. The topological polar surface area (TPSA) is 101 Å². The summed E-state index contributed by atoms with van der Waals surface area (Å²) in [4.78, 5) is 21.2. The fraction of sp³-hybridized carbons (Fsp3) is 0.683. The molecule has 1 aromatic rings. The fourth-order valence-corrected chi connectivity index (χ4v) is 10.9. The number of sulfonamides is 1. The summed E-state index contributed by atoms with van der Waals surface area (Å²) in [6, 6.07) is 5.78. The molecule has 4 aliphatic heterocycles. The van der Waals surface area contributed by atoms with Gasteiger partial charge in [0, 0.05) is 75.0 Å². The summed E-state index contributed by atoms with van der Waals surface area (Å²) >= 11 is 6.46. The van der Waals surface area contributed by atoms with Crippen molar-refractivity contribution in [3.63, 3.8) is 0 Å². The van der Waals surface area contributed by atoms with Gasteiger partial charge in [-0.15, -0.1) is 0 Å². The number of nitrogens with zero attached hydrogens (tertiary/aromatic N) is 3. The number of rotatable bonds is 4. The third kappa shape index (κ3) is 8.70. The first kappa shape index (κ1) is 38.8. The summed E-state index contributed by atoms with van der Waals surface area (Å²) in [5, 5.41) is 0.0186. The molecular weight excluding hydrogens is 712 g/mol. The van der Waals surface area contributed by atoms with E-state index in [9.17, 15) is 13.2 Å². The highest BCUT2D eigenvalue weighted by Gasteiger charge is 2.49. The molecule has 7 rings (SSSR count). The number of nitrogens with one attached hydrogen (secondary N) is 1. The summed E-state index contributed by atoms with van der Waals surface area (Å²) in [5.41, 5.74) is 1.97. The van der Waals surface area contributed by atoms with Crippen LogP contribution in [-0.4, -0.2) is 113 Å². The first-order valence-corrected chi connectivity index (χ1v) is 22.0. The van der Waals surface area contributed by atoms with E-state index >= 15 is 0 Å². The molecule has 292 valence electrons. The van der Waals surface area contributed by atoms with Crippen LogP contribution in [0.3, 0.4) is 0 Å². The number of halogens is 1. The van der Waals surface area contributed by atoms with Crippen molar-refractivity contribution in [2.24, 2.45) is 23.7 Å². The smallest absolute Gasteiger partial charge is 0.264 e. The molecule has 2 aliphatic carbocycles. The monoisotopic (exact) mass is 770 g/mol. The Kier molecular flexibility index (Phi) is 12.3. The van der Waals surface area contributed by atoms with Crippen molar-refractivity contribution in [1.29, 1.82) is 0 Å². The maximum Gasteiger partial charge on any atom is 0.264 e. The minimum atomic E-state index is -3.95. The number of allylic oxidation sites excluding steroid dienone is 4. The molecule has 1 aromatic carbocycles. The second-order valence-corrected chi connectivity index (χ2v) is 18.7. The van der Waals surface area contributed by atoms with Crippen molar-refractivity contribution < 1.29 is 27.4 Å². The third-order valence-corrected chi connectivity index (χ3v) is 15.1. The molecule has 7 atom stereocenters. The van der Waals surface area contributed by atoms with E-state index in [1.165, 1.54) is 5.57 Å². The molecule has 53 heavy (non-hydrogen) atoms. The summed E-state index contributed by atoms with van der Waals surface area (Å²) in [5.74, 6) is 0.757. The van der Waals surface area contributed by atoms with Gasteiger partial charge < -0.3 is 19.1 Å². The molecule has 6 aliphatic rings. The highest BCUT2D eigenvalue weighted by Crippen LogP contribution is 2.47. The molecule has 1 amide bonds. The number of fused-ring (bicyclic) bond motifs is 4. The molecule has 2 bridgehead atoms. The zero-order valence-electron chi connectivity index (χ0n) is 31.8. The Labute approximate surface area is 321 Å². The molecule has 1 unspecified atom stereocenters. The summed E-state index contributed by atoms with van der Waals surface area (Å²) in [7, 11) is -3.95. The van der Waals surface area contributed by atoms with Crippen LogP contribution in [-0.2, 0) is 19.5 Å². The van der Waals surface area contributed by atoms with Gasteiger partial charge in [-0.3, -0.25) is 14.6 Å². The number of carbonyl (C=O) groups excluding carboxylic acids is 1. The number of benzene rings is 1. The molecule has 1 saturated carbocycles. The maximum absolute atomic E-state index is 13.7. The van der Waals surface area contributed by atoms with Crippen LogP contribution in [0.1, 0.15) is 76.1 Å². The molecular formula is C41H59ClN4O6S. The molecule has 0 radical (unpaired) electrons. The van der Waals surface area contributed by atoms with Gasteiger partial charge in [-0.05, 0) is 101 Å². The minimum Gasteiger partial charge on any atom is -0.491 e. The van der Waals surface area contributed by atoms with E-state index in [-0.39, 0.29) is 17.8 Å². The van der Waals surface area contributed by atoms with Crippen molar-refractivity contribution >= 4 is 33.2 Å². The molecule has 0 aromatic heterocycles. The second-order valence-electron chi connectivity index (χ2n) is 16.3. The largest absolute Gasteiger partial charge is 0.491 e. The number of amides is 1. The second kappa shape index (κ2) is 16.8. The van der Waals surface area contributed by atoms with E-state index in [4.69, 9.17) is 25.8 Å². The molecule has 4 heterocycles. The van der Waals surface area contributed by atoms with Gasteiger partial charge in [-0.2, -0.15) is 0 Å². The van der Waals surface area contributed by atoms with Crippen LogP contribution < -0.4 is 14.4 Å². The van der Waals surface area contributed by atoms with Crippen molar-refractivity contribution in [2.45, 2.75) is 82.6 Å². The van der Waals surface area contributed by atoms with Crippen LogP contribution in [0.2, 0.25) is 0 Å². The number of anilines is 1. The zero-order chi connectivity index (χ0) is 37.2. The Bertz CT molecular complexity index is 1680. The number of carbonyl (C=O) groups is 1. The molecule has 2 saturated heterocycles. The number of piperazine rings is 1. The fourth-order valence-electron chi connectivity index (χ4n) is 9.41. The highest BCUT2D eigenvalue weighted by atomic mass is 35.5. The molecule has 12 heteroatoms. The SMILES string of the molecule is CCO[C@@]1(CN2CCN3CCOC[C@@H]3C2)/C=C/C[C@H](C)[C@@H](C)S(=O)(=O)NC(=O)c2ccc3c(c2)N(CCCCC2=CC(Cl)=CCC2CO3)C[C@@H]2CC[C@H]21. The van der Waals surface area contributed by atoms with E-state index in [1.54, 1.807) is 13.0 Å². The summed E-state index contributed by atoms with van der Waals surface area (Å²) in [6.07, 6.45) is 15.1. The summed E-state index contributed by atoms with van der Waals surface area (Å²) < 4.78 is 49.2. The maximum atomic E-state index is 13.7. The number of hydrogen-bond acceptors (Lipinski definition) is 9. The molecule has 10 nitrogen and oxygen atoms in total. The van der Waals surface area contributed by atoms with Crippen LogP contribution in [0.5, 0.6) is 5.75 Å². The Morgan fingerprint density at radius 3 is 2.74 bits per heavy atom. The van der Waals surface area contributed by atoms with Gasteiger partial charge in [0.2, 0.25) is 10.0 Å². The first-order valence-electron chi connectivity index (χ1n) is 20.0. The van der Waals surface area contributed by atoms with Crippen molar-refractivity contribution in [1.82, 2.24) is 14.5 Å². The lowest BCUT2D eigenvalue weighted by Crippen LogP contribution is -2.62. The number of ether oxygens (including phenoxy) is 3. The zero-order valence-corrected chi connectivity index (χ0v) is 33.4. The average molecular weight is 771 g/mol. The lowest BCUT2D eigenvalue weighted by molar-refractivity contribution is -0.121. The van der Waals surface area contributed by atoms with E-state index in [0.717, 1.165) is 108 Å². The number of morpholine rings is 1. The lowest BCUT2D eigenvalue weighted by atomic mass is 9.63. The highest BCUT2D eigenvalue weighted by molar-refractivity contribution is 7.90. The van der Waals surface area contributed by atoms with E-state index in [1.807, 2.05) is 19.1 Å². The Hall–Kier alpha value is -2.41. The quantitative estimate of drug-likeness (QED) is 0.371. The standard InChI is InChI=1S/C41H59ClN4O6S/c1-4-52-41(28-44-18-19-45-20-21-50-27-36(45)25-44)16-7-8-29(2)30(3)53(48,49)43-40(47)32-12-15-39-38(23-32)46(24-33-11-14-37(33)41)17-6-5-9-31-22-35(42)13-10-34(31)26-51-39/h7,12-13,15-16,22-23,29-30,33-34,36-37H,4-6,8-11,14,17-21,24-28H2,1-3H3,(H,43,47)/b16-7+/t29-,30+,33-,34?,36-,37+,41+/m0/s1. The van der Waals surface area contributed by atoms with E-state index in [2.05, 4.69) is 50.6 Å². The van der Waals surface area contributed by atoms with Crippen LogP contribution >= 0.6 is 11.6 Å². The van der Waals surface area contributed by atoms with Gasteiger partial charge in [0.25, 0.3) is 5.91 Å². The Balaban J connectivity index is 1.25. The molecule has 0 spiro atoms. The van der Waals surface area contributed by atoms with Gasteiger partial charge >= 0.3 is 0 Å². The predicted octanol–water partition coefficient (Wildman–Crippen LogP) is 5.99. The third-order valence-electron chi connectivity index (χ3n) is 12.9. The van der Waals surface area contributed by atoms with Crippen LogP contribution in [0.4, 0.5) is 5.69 Å². The van der Waals surface area contributed by atoms with Crippen molar-refractivity contribution in [3.8, 4) is 5.75 Å². The van der Waals surface area contributed by atoms with Gasteiger partial charge in [0.1, 0.15) is 11.4 Å². The van der Waals surface area contributed by atoms with Gasteiger partial charge in [0.05, 0.1) is 30.8 Å². The van der Waals surface area contributed by atoms with E-state index in [0.29, 0.717) is 42.9 Å². The number of hydrogen-bond donors (Lipinski definition) is 1. The van der Waals surface area contributed by atoms with Crippen LogP contribution in [0.25, 0.3) is 0 Å². The van der Waals surface area contributed by atoms with Crippen LogP contribution in [0, 0.1) is 23.7 Å². The Morgan fingerprint density at radius 2 is 1.92 bits per heavy atom. The summed E-state index contributed by atoms with van der Waals surface area (Å²) in [6.45, 7) is 14.7. The van der Waals surface area contributed by atoms with Crippen molar-refractivity contribution in [2.75, 3.05) is 77.1 Å². The van der Waals surface area contributed by atoms with Crippen LogP contribution in [0.15, 0.2) is 53.1 Å². The van der Waals surface area contributed by atoms with Gasteiger partial charge in [-0.25, -0.2) is 13.1 Å². The van der Waals surface area contributed by atoms with E-state index < -0.39 is 26.8 Å². The normalized spacial score (nSPS) is 35.0. The Morgan fingerprint density at radius 1 is 1.06 bits per heavy atom. The molecule has 3 fully saturated rings. The predicted molar refractivity (Wildman–Crippen MR) is 210 cm³/mol. The molecule has 1 N–H and O–H groups in total. The van der Waals surface area contributed by atoms with Gasteiger partial charge in [0.15, 0.2) is 0 Å². The average Bonchev–Trinajstić information content (AvgIpc) is 3.15. The minimum absolute atomic E-state index is 0.219.